The van der Waals surface area contributed by atoms with Crippen molar-refractivity contribution in [1.82, 2.24) is 19.8 Å². The molecule has 0 spiro atoms. The van der Waals surface area contributed by atoms with E-state index < -0.39 is 0 Å². The number of amides is 1. The minimum atomic E-state index is -0.0715. The highest BCUT2D eigenvalue weighted by molar-refractivity contribution is 5.76. The highest BCUT2D eigenvalue weighted by atomic mass is 16.2. The van der Waals surface area contributed by atoms with Crippen molar-refractivity contribution in [2.24, 2.45) is 11.8 Å². The van der Waals surface area contributed by atoms with Crippen LogP contribution < -0.4 is 5.32 Å². The van der Waals surface area contributed by atoms with E-state index in [1.54, 1.807) is 10.9 Å². The maximum Gasteiger partial charge on any atom is 0.326 e. The van der Waals surface area contributed by atoms with Gasteiger partial charge in [0.05, 0.1) is 5.69 Å². The molecule has 1 aromatic rings. The number of imidazole rings is 1. The summed E-state index contributed by atoms with van der Waals surface area (Å²) in [5, 5.41) is 2.93. The molecular weight excluding hydrogens is 264 g/mol. The molecular formula is C16H28N4O. The molecule has 21 heavy (non-hydrogen) atoms. The number of carbonyl (C=O) groups excluding carboxylic acids is 1. The molecule has 1 amide bonds. The van der Waals surface area contributed by atoms with E-state index in [4.69, 9.17) is 0 Å². The zero-order valence-corrected chi connectivity index (χ0v) is 13.5. The molecule has 5 heteroatoms. The molecule has 0 atom stereocenters. The Balaban J connectivity index is 1.79. The van der Waals surface area contributed by atoms with Crippen molar-refractivity contribution in [3.8, 4) is 0 Å². The van der Waals surface area contributed by atoms with Crippen LogP contribution in [0.3, 0.4) is 0 Å². The highest BCUT2D eigenvalue weighted by Crippen LogP contribution is 2.19. The van der Waals surface area contributed by atoms with Crippen LogP contribution in [0.25, 0.3) is 0 Å². The van der Waals surface area contributed by atoms with Gasteiger partial charge in [-0.15, -0.1) is 0 Å². The third-order valence-electron chi connectivity index (χ3n) is 4.20. The van der Waals surface area contributed by atoms with E-state index in [0.29, 0.717) is 11.8 Å². The van der Waals surface area contributed by atoms with Gasteiger partial charge in [-0.2, -0.15) is 0 Å². The van der Waals surface area contributed by atoms with Crippen molar-refractivity contribution in [3.63, 3.8) is 0 Å². The first-order valence-corrected chi connectivity index (χ1v) is 8.04. The van der Waals surface area contributed by atoms with Crippen LogP contribution in [0.2, 0.25) is 0 Å². The predicted molar refractivity (Wildman–Crippen MR) is 84.4 cm³/mol. The van der Waals surface area contributed by atoms with Gasteiger partial charge in [-0.05, 0) is 57.7 Å². The number of likely N-dealkylation sites (tertiary alicyclic amines) is 1. The summed E-state index contributed by atoms with van der Waals surface area (Å²) in [6, 6.07) is -0.0715. The van der Waals surface area contributed by atoms with E-state index in [-0.39, 0.29) is 6.03 Å². The molecule has 1 saturated heterocycles. The molecule has 0 bridgehead atoms. The molecule has 2 rings (SSSR count). The van der Waals surface area contributed by atoms with Crippen LogP contribution in [0, 0.1) is 11.8 Å². The lowest BCUT2D eigenvalue weighted by molar-refractivity contribution is 0.218. The Morgan fingerprint density at radius 3 is 2.81 bits per heavy atom. The zero-order chi connectivity index (χ0) is 15.2. The molecule has 1 aromatic heterocycles. The van der Waals surface area contributed by atoms with E-state index in [1.165, 1.54) is 25.9 Å². The summed E-state index contributed by atoms with van der Waals surface area (Å²) in [6.45, 7) is 7.37. The molecule has 0 unspecified atom stereocenters. The SMILES string of the molecule is CC(C)CCNC(=O)n1cnc(CC2CCN(C)CC2)c1. The quantitative estimate of drug-likeness (QED) is 0.906. The summed E-state index contributed by atoms with van der Waals surface area (Å²) in [4.78, 5) is 18.7. The fourth-order valence-electron chi connectivity index (χ4n) is 2.70. The largest absolute Gasteiger partial charge is 0.337 e. The Hall–Kier alpha value is -1.36. The van der Waals surface area contributed by atoms with Crippen LogP contribution in [0.4, 0.5) is 4.79 Å². The third-order valence-corrected chi connectivity index (χ3v) is 4.20. The van der Waals surface area contributed by atoms with Crippen molar-refractivity contribution in [2.45, 2.75) is 39.5 Å². The van der Waals surface area contributed by atoms with Gasteiger partial charge in [0.15, 0.2) is 0 Å². The lowest BCUT2D eigenvalue weighted by Gasteiger charge is -2.28. The summed E-state index contributed by atoms with van der Waals surface area (Å²) in [7, 11) is 2.17. The lowest BCUT2D eigenvalue weighted by Crippen LogP contribution is -2.31. The number of nitrogens with zero attached hydrogens (tertiary/aromatic N) is 3. The number of hydrogen-bond acceptors (Lipinski definition) is 3. The first-order chi connectivity index (χ1) is 10.0. The highest BCUT2D eigenvalue weighted by Gasteiger charge is 2.18. The number of nitrogens with one attached hydrogen (secondary N) is 1. The molecule has 1 N–H and O–H groups in total. The second-order valence-electron chi connectivity index (χ2n) is 6.64. The van der Waals surface area contributed by atoms with Crippen LogP contribution in [-0.2, 0) is 6.42 Å². The second-order valence-corrected chi connectivity index (χ2v) is 6.64. The third kappa shape index (κ3) is 5.16. The van der Waals surface area contributed by atoms with E-state index in [9.17, 15) is 4.79 Å². The maximum atomic E-state index is 12.0. The summed E-state index contributed by atoms with van der Waals surface area (Å²) in [5.41, 5.74) is 1.03. The van der Waals surface area contributed by atoms with Crippen LogP contribution in [0.1, 0.15) is 38.8 Å². The van der Waals surface area contributed by atoms with Gasteiger partial charge in [0, 0.05) is 12.7 Å². The van der Waals surface area contributed by atoms with E-state index in [2.05, 4.69) is 36.1 Å². The van der Waals surface area contributed by atoms with E-state index in [1.807, 2.05) is 6.20 Å². The Bertz CT molecular complexity index is 447. The first-order valence-electron chi connectivity index (χ1n) is 8.04. The average Bonchev–Trinajstić information content (AvgIpc) is 2.89. The van der Waals surface area contributed by atoms with Crippen molar-refractivity contribution >= 4 is 6.03 Å². The maximum absolute atomic E-state index is 12.0. The van der Waals surface area contributed by atoms with Gasteiger partial charge in [-0.25, -0.2) is 9.78 Å². The van der Waals surface area contributed by atoms with Crippen LogP contribution >= 0.6 is 0 Å². The summed E-state index contributed by atoms with van der Waals surface area (Å²) in [5.74, 6) is 1.31. The van der Waals surface area contributed by atoms with Crippen molar-refractivity contribution < 1.29 is 4.79 Å². The van der Waals surface area contributed by atoms with E-state index >= 15 is 0 Å². The fraction of sp³-hybridized carbons (Fsp3) is 0.750. The summed E-state index contributed by atoms with van der Waals surface area (Å²) >= 11 is 0. The monoisotopic (exact) mass is 292 g/mol. The second kappa shape index (κ2) is 7.59. The predicted octanol–water partition coefficient (Wildman–Crippen LogP) is 2.37. The molecule has 0 radical (unpaired) electrons. The van der Waals surface area contributed by atoms with Crippen molar-refractivity contribution in [3.05, 3.63) is 18.2 Å². The number of rotatable bonds is 5. The van der Waals surface area contributed by atoms with Gasteiger partial charge >= 0.3 is 6.03 Å². The van der Waals surface area contributed by atoms with Gasteiger partial charge in [-0.1, -0.05) is 13.8 Å². The minimum absolute atomic E-state index is 0.0715. The molecule has 2 heterocycles. The van der Waals surface area contributed by atoms with Gasteiger partial charge in [0.25, 0.3) is 0 Å². The summed E-state index contributed by atoms with van der Waals surface area (Å²) < 4.78 is 1.57. The molecule has 1 fully saturated rings. The number of hydrogen-bond donors (Lipinski definition) is 1. The van der Waals surface area contributed by atoms with Crippen LogP contribution in [0.15, 0.2) is 12.5 Å². The zero-order valence-electron chi connectivity index (χ0n) is 13.5. The van der Waals surface area contributed by atoms with E-state index in [0.717, 1.165) is 25.1 Å². The fourth-order valence-corrected chi connectivity index (χ4v) is 2.70. The Morgan fingerprint density at radius 1 is 1.43 bits per heavy atom. The number of aromatic nitrogens is 2. The topological polar surface area (TPSA) is 50.2 Å². The molecule has 1 aliphatic heterocycles. The molecule has 0 aromatic carbocycles. The van der Waals surface area contributed by atoms with Crippen LogP contribution in [-0.4, -0.2) is 47.2 Å². The Labute approximate surface area is 127 Å². The smallest absolute Gasteiger partial charge is 0.326 e. The molecule has 0 saturated carbocycles. The van der Waals surface area contributed by atoms with Gasteiger partial charge < -0.3 is 10.2 Å². The molecule has 0 aliphatic carbocycles. The average molecular weight is 292 g/mol. The van der Waals surface area contributed by atoms with Crippen LogP contribution in [0.5, 0.6) is 0 Å². The molecule has 1 aliphatic rings. The Morgan fingerprint density at radius 2 is 2.14 bits per heavy atom. The normalized spacial score (nSPS) is 17.3. The molecule has 5 nitrogen and oxygen atoms in total. The standard InChI is InChI=1S/C16H28N4O/c1-13(2)4-7-17-16(21)20-11-15(18-12-20)10-14-5-8-19(3)9-6-14/h11-14H,4-10H2,1-3H3,(H,17,21). The van der Waals surface area contributed by atoms with Gasteiger partial charge in [0.1, 0.15) is 6.33 Å². The minimum Gasteiger partial charge on any atom is -0.337 e. The van der Waals surface area contributed by atoms with Gasteiger partial charge in [0.2, 0.25) is 0 Å². The van der Waals surface area contributed by atoms with Crippen molar-refractivity contribution in [1.29, 1.82) is 0 Å². The Kier molecular flexibility index (Phi) is 5.79. The first kappa shape index (κ1) is 16.0. The van der Waals surface area contributed by atoms with Crippen molar-refractivity contribution in [2.75, 3.05) is 26.7 Å². The van der Waals surface area contributed by atoms with Gasteiger partial charge in [-0.3, -0.25) is 4.57 Å². The molecule has 118 valence electrons. The summed E-state index contributed by atoms with van der Waals surface area (Å²) in [6.07, 6.45) is 7.95. The number of piperidine rings is 1. The number of carbonyl (C=O) groups is 1. The lowest BCUT2D eigenvalue weighted by atomic mass is 9.93.